The lowest BCUT2D eigenvalue weighted by atomic mass is 10.1. The molecule has 0 unspecified atom stereocenters. The van der Waals surface area contributed by atoms with E-state index in [0.717, 1.165) is 22.7 Å². The number of aromatic nitrogens is 1. The fourth-order valence-corrected chi connectivity index (χ4v) is 2.82. The van der Waals surface area contributed by atoms with Gasteiger partial charge in [-0.25, -0.2) is 0 Å². The highest BCUT2D eigenvalue weighted by Crippen LogP contribution is 2.17. The number of rotatable bonds is 5. The van der Waals surface area contributed by atoms with Crippen LogP contribution in [0.25, 0.3) is 0 Å². The zero-order valence-corrected chi connectivity index (χ0v) is 14.3. The fraction of sp³-hybridized carbons (Fsp3) is 0.250. The van der Waals surface area contributed by atoms with Crippen molar-refractivity contribution in [3.8, 4) is 0 Å². The molecule has 2 heterocycles. The molecule has 2 aromatic heterocycles. The molecule has 4 heteroatoms. The van der Waals surface area contributed by atoms with Crippen LogP contribution in [0, 0.1) is 20.8 Å². The van der Waals surface area contributed by atoms with E-state index < -0.39 is 0 Å². The molecule has 0 bridgehead atoms. The third kappa shape index (κ3) is 3.43. The predicted octanol–water partition coefficient (Wildman–Crippen LogP) is 3.98. The highest BCUT2D eigenvalue weighted by atomic mass is 16.3. The van der Waals surface area contributed by atoms with Gasteiger partial charge in [0.25, 0.3) is 5.91 Å². The molecule has 0 spiro atoms. The molecule has 0 saturated carbocycles. The average Bonchev–Trinajstić information content (AvgIpc) is 3.18. The van der Waals surface area contributed by atoms with Gasteiger partial charge in [-0.3, -0.25) is 4.79 Å². The Morgan fingerprint density at radius 2 is 1.88 bits per heavy atom. The van der Waals surface area contributed by atoms with Crippen molar-refractivity contribution in [3.05, 3.63) is 82.6 Å². The van der Waals surface area contributed by atoms with Crippen molar-refractivity contribution in [1.82, 2.24) is 9.88 Å². The molecule has 1 N–H and O–H groups in total. The number of carbonyl (C=O) groups excluding carboxylic acids is 1. The summed E-state index contributed by atoms with van der Waals surface area (Å²) in [5.41, 5.74) is 5.02. The molecule has 0 fully saturated rings. The van der Waals surface area contributed by atoms with Crippen LogP contribution in [0.1, 0.15) is 38.6 Å². The Labute approximate surface area is 142 Å². The number of amides is 1. The van der Waals surface area contributed by atoms with Crippen LogP contribution < -0.4 is 5.32 Å². The van der Waals surface area contributed by atoms with Gasteiger partial charge in [-0.15, -0.1) is 0 Å². The van der Waals surface area contributed by atoms with Gasteiger partial charge in [-0.2, -0.15) is 0 Å². The summed E-state index contributed by atoms with van der Waals surface area (Å²) in [5.74, 6) is 0.831. The molecular weight excluding hydrogens is 300 g/mol. The molecule has 1 aromatic carbocycles. The smallest absolute Gasteiger partial charge is 0.253 e. The fourth-order valence-electron chi connectivity index (χ4n) is 2.82. The molecule has 3 aromatic rings. The summed E-state index contributed by atoms with van der Waals surface area (Å²) in [6, 6.07) is 13.9. The Morgan fingerprint density at radius 1 is 1.12 bits per heavy atom. The Hall–Kier alpha value is -2.75. The summed E-state index contributed by atoms with van der Waals surface area (Å²) in [5, 5.41) is 3.00. The van der Waals surface area contributed by atoms with Crippen molar-refractivity contribution in [2.45, 2.75) is 33.9 Å². The summed E-state index contributed by atoms with van der Waals surface area (Å²) < 4.78 is 7.51. The molecule has 4 nitrogen and oxygen atoms in total. The monoisotopic (exact) mass is 322 g/mol. The van der Waals surface area contributed by atoms with E-state index in [0.29, 0.717) is 18.7 Å². The van der Waals surface area contributed by atoms with Crippen LogP contribution >= 0.6 is 0 Å². The van der Waals surface area contributed by atoms with Crippen LogP contribution in [0.5, 0.6) is 0 Å². The van der Waals surface area contributed by atoms with Crippen LogP contribution in [0.2, 0.25) is 0 Å². The van der Waals surface area contributed by atoms with Crippen LogP contribution in [-0.2, 0) is 13.1 Å². The van der Waals surface area contributed by atoms with Gasteiger partial charge in [0.2, 0.25) is 0 Å². The Kier molecular flexibility index (Phi) is 4.56. The second-order valence-electron chi connectivity index (χ2n) is 6.12. The normalized spacial score (nSPS) is 10.8. The average molecular weight is 322 g/mol. The third-order valence-electron chi connectivity index (χ3n) is 4.29. The lowest BCUT2D eigenvalue weighted by Gasteiger charge is -2.09. The minimum absolute atomic E-state index is 0.0469. The summed E-state index contributed by atoms with van der Waals surface area (Å²) in [6.07, 6.45) is 1.67. The standard InChI is InChI=1S/C20H22N2O2/c1-14-6-8-17(9-7-14)12-21-20(23)19-11-15(2)22(16(19)3)13-18-5-4-10-24-18/h4-11H,12-13H2,1-3H3,(H,21,23). The minimum atomic E-state index is -0.0469. The van der Waals surface area contributed by atoms with E-state index in [1.54, 1.807) is 6.26 Å². The SMILES string of the molecule is Cc1ccc(CNC(=O)c2cc(C)n(Cc3ccco3)c2C)cc1. The summed E-state index contributed by atoms with van der Waals surface area (Å²) in [7, 11) is 0. The first-order valence-corrected chi connectivity index (χ1v) is 8.07. The van der Waals surface area contributed by atoms with Gasteiger partial charge in [-0.05, 0) is 44.5 Å². The highest BCUT2D eigenvalue weighted by Gasteiger charge is 2.16. The molecular formula is C20H22N2O2. The maximum absolute atomic E-state index is 12.5. The second kappa shape index (κ2) is 6.79. The van der Waals surface area contributed by atoms with Crippen molar-refractivity contribution in [1.29, 1.82) is 0 Å². The summed E-state index contributed by atoms with van der Waals surface area (Å²) >= 11 is 0. The number of aryl methyl sites for hydroxylation is 2. The topological polar surface area (TPSA) is 47.2 Å². The minimum Gasteiger partial charge on any atom is -0.467 e. The van der Waals surface area contributed by atoms with Crippen molar-refractivity contribution in [3.63, 3.8) is 0 Å². The molecule has 0 radical (unpaired) electrons. The van der Waals surface area contributed by atoms with Crippen molar-refractivity contribution < 1.29 is 9.21 Å². The zero-order valence-electron chi connectivity index (χ0n) is 14.3. The van der Waals surface area contributed by atoms with E-state index in [2.05, 4.69) is 28.9 Å². The number of benzene rings is 1. The van der Waals surface area contributed by atoms with Crippen LogP contribution in [0.15, 0.2) is 53.1 Å². The van der Waals surface area contributed by atoms with E-state index in [-0.39, 0.29) is 5.91 Å². The Balaban J connectivity index is 1.72. The molecule has 3 rings (SSSR count). The van der Waals surface area contributed by atoms with Gasteiger partial charge in [-0.1, -0.05) is 29.8 Å². The van der Waals surface area contributed by atoms with Crippen molar-refractivity contribution >= 4 is 5.91 Å². The third-order valence-corrected chi connectivity index (χ3v) is 4.29. The van der Waals surface area contributed by atoms with E-state index >= 15 is 0 Å². The number of hydrogen-bond acceptors (Lipinski definition) is 2. The number of carbonyl (C=O) groups is 1. The van der Waals surface area contributed by atoms with Gasteiger partial charge in [0.1, 0.15) is 5.76 Å². The molecule has 124 valence electrons. The van der Waals surface area contributed by atoms with Gasteiger partial charge < -0.3 is 14.3 Å². The molecule has 0 aliphatic carbocycles. The summed E-state index contributed by atoms with van der Waals surface area (Å²) in [6.45, 7) is 7.19. The largest absolute Gasteiger partial charge is 0.467 e. The number of nitrogens with zero attached hydrogens (tertiary/aromatic N) is 1. The quantitative estimate of drug-likeness (QED) is 0.772. The molecule has 0 aliphatic rings. The van der Waals surface area contributed by atoms with Crippen molar-refractivity contribution in [2.75, 3.05) is 0 Å². The molecule has 0 saturated heterocycles. The number of nitrogens with one attached hydrogen (secondary N) is 1. The van der Waals surface area contributed by atoms with Crippen molar-refractivity contribution in [2.24, 2.45) is 0 Å². The maximum Gasteiger partial charge on any atom is 0.253 e. The van der Waals surface area contributed by atoms with Crippen LogP contribution in [0.3, 0.4) is 0 Å². The first-order chi connectivity index (χ1) is 11.5. The van der Waals surface area contributed by atoms with Gasteiger partial charge in [0.05, 0.1) is 18.4 Å². The maximum atomic E-state index is 12.5. The molecule has 1 amide bonds. The molecule has 0 aliphatic heterocycles. The Morgan fingerprint density at radius 3 is 2.54 bits per heavy atom. The molecule has 24 heavy (non-hydrogen) atoms. The van der Waals surface area contributed by atoms with Gasteiger partial charge >= 0.3 is 0 Å². The zero-order chi connectivity index (χ0) is 17.1. The molecule has 0 atom stereocenters. The highest BCUT2D eigenvalue weighted by molar-refractivity contribution is 5.95. The van der Waals surface area contributed by atoms with E-state index in [9.17, 15) is 4.79 Å². The summed E-state index contributed by atoms with van der Waals surface area (Å²) in [4.78, 5) is 12.5. The van der Waals surface area contributed by atoms with E-state index in [1.807, 2.05) is 44.2 Å². The van der Waals surface area contributed by atoms with Crippen LogP contribution in [0.4, 0.5) is 0 Å². The van der Waals surface area contributed by atoms with Gasteiger partial charge in [0.15, 0.2) is 0 Å². The second-order valence-corrected chi connectivity index (χ2v) is 6.12. The van der Waals surface area contributed by atoms with Gasteiger partial charge in [0, 0.05) is 17.9 Å². The predicted molar refractivity (Wildman–Crippen MR) is 94.1 cm³/mol. The number of hydrogen-bond donors (Lipinski definition) is 1. The van der Waals surface area contributed by atoms with E-state index in [1.165, 1.54) is 5.56 Å². The first kappa shape index (κ1) is 16.1. The Bertz CT molecular complexity index is 827. The van der Waals surface area contributed by atoms with E-state index in [4.69, 9.17) is 4.42 Å². The number of furan rings is 1. The lowest BCUT2D eigenvalue weighted by Crippen LogP contribution is -2.23. The lowest BCUT2D eigenvalue weighted by molar-refractivity contribution is 0.0950. The van der Waals surface area contributed by atoms with Crippen LogP contribution in [-0.4, -0.2) is 10.5 Å². The first-order valence-electron chi connectivity index (χ1n) is 8.07.